The van der Waals surface area contributed by atoms with E-state index in [0.717, 1.165) is 10.8 Å². The fraction of sp³-hybridized carbons (Fsp3) is 0. The number of halogens is 1. The summed E-state index contributed by atoms with van der Waals surface area (Å²) in [5, 5.41) is 11.5. The lowest BCUT2D eigenvalue weighted by Crippen LogP contribution is -1.76. The number of benzene rings is 1. The first kappa shape index (κ1) is 7.37. The highest BCUT2D eigenvalue weighted by Crippen LogP contribution is 2.20. The van der Waals surface area contributed by atoms with E-state index in [-0.39, 0.29) is 5.75 Å². The number of pyridine rings is 1. The SMILES string of the molecule is Oc1ccc2cc(Cl)ncc2c1. The molecule has 12 heavy (non-hydrogen) atoms. The van der Waals surface area contributed by atoms with E-state index in [0.29, 0.717) is 5.15 Å². The number of aromatic hydroxyl groups is 1. The first-order valence-electron chi connectivity index (χ1n) is 3.50. The van der Waals surface area contributed by atoms with E-state index in [2.05, 4.69) is 4.98 Å². The Balaban J connectivity index is 2.79. The smallest absolute Gasteiger partial charge is 0.129 e. The molecule has 0 bridgehead atoms. The molecule has 0 spiro atoms. The van der Waals surface area contributed by atoms with Crippen molar-refractivity contribution in [2.75, 3.05) is 0 Å². The Labute approximate surface area is 74.4 Å². The number of nitrogens with zero attached hydrogens (tertiary/aromatic N) is 1. The molecule has 0 fully saturated rings. The monoisotopic (exact) mass is 179 g/mol. The highest BCUT2D eigenvalue weighted by molar-refractivity contribution is 6.30. The van der Waals surface area contributed by atoms with Crippen LogP contribution in [0.3, 0.4) is 0 Å². The summed E-state index contributed by atoms with van der Waals surface area (Å²) in [7, 11) is 0. The zero-order valence-electron chi connectivity index (χ0n) is 6.16. The first-order chi connectivity index (χ1) is 5.75. The number of fused-ring (bicyclic) bond motifs is 1. The summed E-state index contributed by atoms with van der Waals surface area (Å²) in [5.41, 5.74) is 0. The predicted octanol–water partition coefficient (Wildman–Crippen LogP) is 2.59. The summed E-state index contributed by atoms with van der Waals surface area (Å²) in [6.07, 6.45) is 1.64. The Morgan fingerprint density at radius 2 is 2.00 bits per heavy atom. The van der Waals surface area contributed by atoms with Gasteiger partial charge in [0, 0.05) is 11.6 Å². The zero-order valence-corrected chi connectivity index (χ0v) is 6.92. The molecular weight excluding hydrogens is 174 g/mol. The molecule has 1 aromatic heterocycles. The van der Waals surface area contributed by atoms with E-state index >= 15 is 0 Å². The van der Waals surface area contributed by atoms with Crippen LogP contribution >= 0.6 is 11.6 Å². The van der Waals surface area contributed by atoms with Crippen molar-refractivity contribution in [3.63, 3.8) is 0 Å². The van der Waals surface area contributed by atoms with E-state index in [1.165, 1.54) is 0 Å². The van der Waals surface area contributed by atoms with Gasteiger partial charge < -0.3 is 5.11 Å². The van der Waals surface area contributed by atoms with Gasteiger partial charge in [0.2, 0.25) is 0 Å². The van der Waals surface area contributed by atoms with Gasteiger partial charge in [0.25, 0.3) is 0 Å². The molecule has 0 aliphatic carbocycles. The second-order valence-corrected chi connectivity index (χ2v) is 2.93. The molecule has 0 atom stereocenters. The molecule has 0 saturated carbocycles. The highest BCUT2D eigenvalue weighted by Gasteiger charge is 1.96. The number of phenols is 1. The summed E-state index contributed by atoms with van der Waals surface area (Å²) < 4.78 is 0. The van der Waals surface area contributed by atoms with Gasteiger partial charge in [-0.2, -0.15) is 0 Å². The van der Waals surface area contributed by atoms with E-state index in [9.17, 15) is 0 Å². The van der Waals surface area contributed by atoms with Crippen LogP contribution in [0.5, 0.6) is 5.75 Å². The van der Waals surface area contributed by atoms with Gasteiger partial charge in [0.15, 0.2) is 0 Å². The van der Waals surface area contributed by atoms with Crippen molar-refractivity contribution in [3.8, 4) is 5.75 Å². The van der Waals surface area contributed by atoms with Gasteiger partial charge in [-0.1, -0.05) is 17.7 Å². The maximum atomic E-state index is 9.14. The van der Waals surface area contributed by atoms with Gasteiger partial charge in [0.05, 0.1) is 0 Å². The summed E-state index contributed by atoms with van der Waals surface area (Å²) >= 11 is 5.68. The number of rotatable bonds is 0. The minimum atomic E-state index is 0.242. The molecule has 1 heterocycles. The fourth-order valence-electron chi connectivity index (χ4n) is 1.10. The second-order valence-electron chi connectivity index (χ2n) is 2.54. The van der Waals surface area contributed by atoms with Gasteiger partial charge in [-0.15, -0.1) is 0 Å². The van der Waals surface area contributed by atoms with Gasteiger partial charge in [-0.3, -0.25) is 0 Å². The van der Waals surface area contributed by atoms with Gasteiger partial charge >= 0.3 is 0 Å². The summed E-state index contributed by atoms with van der Waals surface area (Å²) in [6, 6.07) is 6.84. The van der Waals surface area contributed by atoms with Crippen molar-refractivity contribution in [1.29, 1.82) is 0 Å². The molecule has 60 valence electrons. The average Bonchev–Trinajstić information content (AvgIpc) is 2.05. The Hall–Kier alpha value is -1.28. The average molecular weight is 180 g/mol. The van der Waals surface area contributed by atoms with E-state index < -0.39 is 0 Å². The van der Waals surface area contributed by atoms with Crippen molar-refractivity contribution in [2.24, 2.45) is 0 Å². The van der Waals surface area contributed by atoms with E-state index in [4.69, 9.17) is 16.7 Å². The molecule has 0 unspecified atom stereocenters. The van der Waals surface area contributed by atoms with Crippen LogP contribution in [-0.2, 0) is 0 Å². The number of aromatic nitrogens is 1. The quantitative estimate of drug-likeness (QED) is 0.631. The van der Waals surface area contributed by atoms with Gasteiger partial charge in [-0.05, 0) is 23.6 Å². The lowest BCUT2D eigenvalue weighted by molar-refractivity contribution is 0.476. The molecule has 1 N–H and O–H groups in total. The second kappa shape index (κ2) is 2.64. The van der Waals surface area contributed by atoms with Crippen molar-refractivity contribution in [3.05, 3.63) is 35.6 Å². The molecule has 0 saturated heterocycles. The topological polar surface area (TPSA) is 33.1 Å². The van der Waals surface area contributed by atoms with Crippen LogP contribution < -0.4 is 0 Å². The Morgan fingerprint density at radius 3 is 2.83 bits per heavy atom. The van der Waals surface area contributed by atoms with Gasteiger partial charge in [0.1, 0.15) is 10.9 Å². The van der Waals surface area contributed by atoms with Crippen molar-refractivity contribution < 1.29 is 5.11 Å². The molecule has 0 radical (unpaired) electrons. The molecule has 2 rings (SSSR count). The van der Waals surface area contributed by atoms with Crippen LogP contribution in [0.4, 0.5) is 0 Å². The molecular formula is C9H6ClNO. The Bertz CT molecular complexity index is 387. The summed E-state index contributed by atoms with van der Waals surface area (Å²) in [4.78, 5) is 3.90. The van der Waals surface area contributed by atoms with Crippen LogP contribution in [0.2, 0.25) is 5.15 Å². The minimum absolute atomic E-state index is 0.242. The van der Waals surface area contributed by atoms with Crippen molar-refractivity contribution in [2.45, 2.75) is 0 Å². The number of hydrogen-bond acceptors (Lipinski definition) is 2. The Kier molecular flexibility index (Phi) is 1.62. The van der Waals surface area contributed by atoms with E-state index in [1.54, 1.807) is 30.5 Å². The minimum Gasteiger partial charge on any atom is -0.508 e. The van der Waals surface area contributed by atoms with Crippen LogP contribution in [0, 0.1) is 0 Å². The molecule has 2 aromatic rings. The third-order valence-corrected chi connectivity index (χ3v) is 1.88. The van der Waals surface area contributed by atoms with E-state index in [1.807, 2.05) is 0 Å². The lowest BCUT2D eigenvalue weighted by Gasteiger charge is -1.97. The standard InChI is InChI=1S/C9H6ClNO/c10-9-4-6-1-2-8(12)3-7(6)5-11-9/h1-5,12H. The lowest BCUT2D eigenvalue weighted by atomic mass is 10.2. The Morgan fingerprint density at radius 1 is 1.17 bits per heavy atom. The third kappa shape index (κ3) is 1.21. The van der Waals surface area contributed by atoms with Crippen molar-refractivity contribution >= 4 is 22.4 Å². The number of phenolic OH excluding ortho intramolecular Hbond substituents is 1. The molecule has 3 heteroatoms. The van der Waals surface area contributed by atoms with Gasteiger partial charge in [-0.25, -0.2) is 4.98 Å². The summed E-state index contributed by atoms with van der Waals surface area (Å²) in [5.74, 6) is 0.242. The zero-order chi connectivity index (χ0) is 8.55. The largest absolute Gasteiger partial charge is 0.508 e. The molecule has 1 aromatic carbocycles. The maximum Gasteiger partial charge on any atom is 0.129 e. The predicted molar refractivity (Wildman–Crippen MR) is 48.4 cm³/mol. The fourth-order valence-corrected chi connectivity index (χ4v) is 1.27. The molecule has 0 amide bonds. The van der Waals surface area contributed by atoms with Crippen LogP contribution in [0.1, 0.15) is 0 Å². The number of hydrogen-bond donors (Lipinski definition) is 1. The highest BCUT2D eigenvalue weighted by atomic mass is 35.5. The summed E-state index contributed by atoms with van der Waals surface area (Å²) in [6.45, 7) is 0. The third-order valence-electron chi connectivity index (χ3n) is 1.67. The van der Waals surface area contributed by atoms with Crippen LogP contribution in [0.15, 0.2) is 30.5 Å². The molecule has 0 aliphatic rings. The normalized spacial score (nSPS) is 10.4. The maximum absolute atomic E-state index is 9.14. The molecule has 2 nitrogen and oxygen atoms in total. The van der Waals surface area contributed by atoms with Crippen LogP contribution in [-0.4, -0.2) is 10.1 Å². The molecule has 0 aliphatic heterocycles. The first-order valence-corrected chi connectivity index (χ1v) is 3.88. The van der Waals surface area contributed by atoms with Crippen molar-refractivity contribution in [1.82, 2.24) is 4.98 Å². The van der Waals surface area contributed by atoms with Crippen LogP contribution in [0.25, 0.3) is 10.8 Å².